The summed E-state index contributed by atoms with van der Waals surface area (Å²) in [6.07, 6.45) is 1.77. The summed E-state index contributed by atoms with van der Waals surface area (Å²) >= 11 is 0. The van der Waals surface area contributed by atoms with Crippen LogP contribution in [0.15, 0.2) is 48.5 Å². The van der Waals surface area contributed by atoms with Gasteiger partial charge in [-0.25, -0.2) is 8.78 Å². The summed E-state index contributed by atoms with van der Waals surface area (Å²) in [4.78, 5) is 14.3. The fourth-order valence-corrected chi connectivity index (χ4v) is 2.80. The van der Waals surface area contributed by atoms with Crippen molar-refractivity contribution in [3.8, 4) is 0 Å². The second kappa shape index (κ2) is 5.64. The maximum atomic E-state index is 13.0. The van der Waals surface area contributed by atoms with Crippen molar-refractivity contribution in [1.29, 1.82) is 0 Å². The van der Waals surface area contributed by atoms with Crippen LogP contribution < -0.4 is 0 Å². The molecule has 1 atom stereocenters. The first-order chi connectivity index (χ1) is 10.1. The van der Waals surface area contributed by atoms with Crippen LogP contribution in [0, 0.1) is 11.6 Å². The molecule has 0 spiro atoms. The Morgan fingerprint density at radius 2 is 1.52 bits per heavy atom. The van der Waals surface area contributed by atoms with Crippen LogP contribution in [0.25, 0.3) is 0 Å². The van der Waals surface area contributed by atoms with Crippen molar-refractivity contribution in [2.45, 2.75) is 18.9 Å². The average molecular weight is 287 g/mol. The molecule has 0 aliphatic carbocycles. The molecule has 3 rings (SSSR count). The van der Waals surface area contributed by atoms with E-state index in [-0.39, 0.29) is 23.6 Å². The zero-order valence-corrected chi connectivity index (χ0v) is 11.4. The first-order valence-electron chi connectivity index (χ1n) is 6.97. The standard InChI is InChI=1S/C17H15F2NO/c18-14-7-3-12(4-8-14)16-2-1-11-20(16)17(21)13-5-9-15(19)10-6-13/h3-10,16H,1-2,11H2/t16-/m1/s1. The molecule has 0 aromatic heterocycles. The summed E-state index contributed by atoms with van der Waals surface area (Å²) < 4.78 is 26.0. The summed E-state index contributed by atoms with van der Waals surface area (Å²) in [6, 6.07) is 11.8. The van der Waals surface area contributed by atoms with Gasteiger partial charge in [-0.2, -0.15) is 0 Å². The summed E-state index contributed by atoms with van der Waals surface area (Å²) in [5, 5.41) is 0. The van der Waals surface area contributed by atoms with Gasteiger partial charge in [-0.05, 0) is 54.8 Å². The van der Waals surface area contributed by atoms with E-state index < -0.39 is 0 Å². The zero-order chi connectivity index (χ0) is 14.8. The van der Waals surface area contributed by atoms with Crippen molar-refractivity contribution >= 4 is 5.91 Å². The smallest absolute Gasteiger partial charge is 0.254 e. The molecule has 0 saturated carbocycles. The van der Waals surface area contributed by atoms with Crippen LogP contribution in [0.2, 0.25) is 0 Å². The fraction of sp³-hybridized carbons (Fsp3) is 0.235. The summed E-state index contributed by atoms with van der Waals surface area (Å²) in [7, 11) is 0. The lowest BCUT2D eigenvalue weighted by atomic mass is 10.0. The van der Waals surface area contributed by atoms with Crippen LogP contribution in [-0.2, 0) is 0 Å². The van der Waals surface area contributed by atoms with Crippen LogP contribution in [0.3, 0.4) is 0 Å². The first-order valence-corrected chi connectivity index (χ1v) is 6.97. The first kappa shape index (κ1) is 13.7. The van der Waals surface area contributed by atoms with E-state index in [2.05, 4.69) is 0 Å². The number of hydrogen-bond acceptors (Lipinski definition) is 1. The molecule has 1 aliphatic rings. The molecule has 1 saturated heterocycles. The van der Waals surface area contributed by atoms with Crippen molar-refractivity contribution in [2.75, 3.05) is 6.54 Å². The molecule has 0 N–H and O–H groups in total. The molecule has 1 fully saturated rings. The van der Waals surface area contributed by atoms with Crippen LogP contribution in [0.1, 0.15) is 34.8 Å². The van der Waals surface area contributed by atoms with Crippen molar-refractivity contribution < 1.29 is 13.6 Å². The molecule has 108 valence electrons. The minimum absolute atomic E-state index is 0.0387. The van der Waals surface area contributed by atoms with Gasteiger partial charge < -0.3 is 4.90 Å². The average Bonchev–Trinajstić information content (AvgIpc) is 2.97. The minimum atomic E-state index is -0.358. The monoisotopic (exact) mass is 287 g/mol. The third kappa shape index (κ3) is 2.79. The lowest BCUT2D eigenvalue weighted by molar-refractivity contribution is 0.0735. The van der Waals surface area contributed by atoms with Crippen LogP contribution in [0.5, 0.6) is 0 Å². The number of nitrogens with zero attached hydrogens (tertiary/aromatic N) is 1. The Balaban J connectivity index is 1.85. The predicted molar refractivity (Wildman–Crippen MR) is 75.8 cm³/mol. The Labute approximate surface area is 122 Å². The highest BCUT2D eigenvalue weighted by Crippen LogP contribution is 2.33. The van der Waals surface area contributed by atoms with E-state index in [9.17, 15) is 13.6 Å². The Hall–Kier alpha value is -2.23. The fourth-order valence-electron chi connectivity index (χ4n) is 2.80. The van der Waals surface area contributed by atoms with Gasteiger partial charge in [0.25, 0.3) is 5.91 Å². The van der Waals surface area contributed by atoms with Gasteiger partial charge in [0.05, 0.1) is 6.04 Å². The number of carbonyl (C=O) groups excluding carboxylic acids is 1. The number of carbonyl (C=O) groups is 1. The third-order valence-electron chi connectivity index (χ3n) is 3.86. The molecule has 0 unspecified atom stereocenters. The Morgan fingerprint density at radius 1 is 0.952 bits per heavy atom. The number of hydrogen-bond donors (Lipinski definition) is 0. The quantitative estimate of drug-likeness (QED) is 0.819. The second-order valence-electron chi connectivity index (χ2n) is 5.22. The van der Waals surface area contributed by atoms with Crippen LogP contribution in [0.4, 0.5) is 8.78 Å². The molecule has 2 aromatic carbocycles. The molecule has 1 amide bonds. The highest BCUT2D eigenvalue weighted by molar-refractivity contribution is 5.94. The summed E-state index contributed by atoms with van der Waals surface area (Å²) in [6.45, 7) is 0.665. The summed E-state index contributed by atoms with van der Waals surface area (Å²) in [5.41, 5.74) is 1.41. The van der Waals surface area contributed by atoms with Gasteiger partial charge in [0.1, 0.15) is 11.6 Å². The predicted octanol–water partition coefficient (Wildman–Crippen LogP) is 3.94. The van der Waals surface area contributed by atoms with Crippen molar-refractivity contribution in [3.05, 3.63) is 71.3 Å². The number of likely N-dealkylation sites (tertiary alicyclic amines) is 1. The normalized spacial score (nSPS) is 18.0. The van der Waals surface area contributed by atoms with Gasteiger partial charge in [0.15, 0.2) is 0 Å². The van der Waals surface area contributed by atoms with E-state index in [0.29, 0.717) is 12.1 Å². The number of amides is 1. The van der Waals surface area contributed by atoms with Gasteiger partial charge in [0, 0.05) is 12.1 Å². The largest absolute Gasteiger partial charge is 0.332 e. The maximum Gasteiger partial charge on any atom is 0.254 e. The van der Waals surface area contributed by atoms with Crippen LogP contribution >= 0.6 is 0 Å². The molecule has 2 nitrogen and oxygen atoms in total. The van der Waals surface area contributed by atoms with Gasteiger partial charge in [0.2, 0.25) is 0 Å². The molecular weight excluding hydrogens is 272 g/mol. The van der Waals surface area contributed by atoms with Gasteiger partial charge in [-0.3, -0.25) is 4.79 Å². The van der Waals surface area contributed by atoms with E-state index in [1.807, 2.05) is 0 Å². The molecule has 2 aromatic rings. The molecule has 0 radical (unpaired) electrons. The van der Waals surface area contributed by atoms with Gasteiger partial charge >= 0.3 is 0 Å². The lowest BCUT2D eigenvalue weighted by Gasteiger charge is -2.25. The topological polar surface area (TPSA) is 20.3 Å². The van der Waals surface area contributed by atoms with Crippen LogP contribution in [-0.4, -0.2) is 17.4 Å². The molecule has 0 bridgehead atoms. The Bertz CT molecular complexity index is 637. The van der Waals surface area contributed by atoms with Gasteiger partial charge in [-0.1, -0.05) is 12.1 Å². The molecular formula is C17H15F2NO. The number of benzene rings is 2. The molecule has 21 heavy (non-hydrogen) atoms. The number of rotatable bonds is 2. The Morgan fingerprint density at radius 3 is 2.14 bits per heavy atom. The summed E-state index contributed by atoms with van der Waals surface area (Å²) in [5.74, 6) is -0.752. The highest BCUT2D eigenvalue weighted by Gasteiger charge is 2.30. The molecule has 1 aliphatic heterocycles. The lowest BCUT2D eigenvalue weighted by Crippen LogP contribution is -2.30. The van der Waals surface area contributed by atoms with Crippen molar-refractivity contribution in [3.63, 3.8) is 0 Å². The van der Waals surface area contributed by atoms with Crippen molar-refractivity contribution in [1.82, 2.24) is 4.90 Å². The SMILES string of the molecule is O=C(c1ccc(F)cc1)N1CCC[C@@H]1c1ccc(F)cc1. The Kier molecular flexibility index (Phi) is 3.69. The second-order valence-corrected chi connectivity index (χ2v) is 5.22. The third-order valence-corrected chi connectivity index (χ3v) is 3.86. The van der Waals surface area contributed by atoms with E-state index in [1.165, 1.54) is 36.4 Å². The minimum Gasteiger partial charge on any atom is -0.332 e. The molecule has 1 heterocycles. The van der Waals surface area contributed by atoms with E-state index in [0.717, 1.165) is 18.4 Å². The van der Waals surface area contributed by atoms with Gasteiger partial charge in [-0.15, -0.1) is 0 Å². The maximum absolute atomic E-state index is 13.0. The number of halogens is 2. The van der Waals surface area contributed by atoms with E-state index in [4.69, 9.17) is 0 Å². The van der Waals surface area contributed by atoms with Crippen molar-refractivity contribution in [2.24, 2.45) is 0 Å². The molecule has 4 heteroatoms. The van der Waals surface area contributed by atoms with E-state index in [1.54, 1.807) is 17.0 Å². The highest BCUT2D eigenvalue weighted by atomic mass is 19.1. The van der Waals surface area contributed by atoms with E-state index >= 15 is 0 Å². The zero-order valence-electron chi connectivity index (χ0n) is 11.4.